The SMILES string of the molecule is C[C@]12CC(=N/O)/C(=N/NS(C)(=O)=O)C=C1C1(CC1)C[C@@H]1[C@@H]2CC[C@@]2(C)[C@H]1CC[C@]2(C)O. The Labute approximate surface area is 185 Å². The fraction of sp³-hybridized carbons (Fsp3) is 0.826. The number of aliphatic hydroxyl groups is 1. The summed E-state index contributed by atoms with van der Waals surface area (Å²) < 4.78 is 23.1. The van der Waals surface area contributed by atoms with Crippen LogP contribution in [0.25, 0.3) is 0 Å². The van der Waals surface area contributed by atoms with Crippen LogP contribution < -0.4 is 4.83 Å². The normalized spacial score (nSPS) is 48.2. The first-order valence-corrected chi connectivity index (χ1v) is 13.5. The smallest absolute Gasteiger partial charge is 0.244 e. The zero-order valence-corrected chi connectivity index (χ0v) is 19.8. The molecule has 1 spiro atoms. The van der Waals surface area contributed by atoms with Gasteiger partial charge in [-0.15, -0.1) is 0 Å². The van der Waals surface area contributed by atoms with Crippen molar-refractivity contribution in [2.24, 2.45) is 44.3 Å². The molecule has 0 aliphatic heterocycles. The van der Waals surface area contributed by atoms with Crippen molar-refractivity contribution in [1.29, 1.82) is 0 Å². The van der Waals surface area contributed by atoms with Gasteiger partial charge in [-0.2, -0.15) is 5.10 Å². The third-order valence-electron chi connectivity index (χ3n) is 10.0. The second kappa shape index (κ2) is 6.34. The summed E-state index contributed by atoms with van der Waals surface area (Å²) in [5, 5.41) is 28.6. The van der Waals surface area contributed by atoms with Crippen LogP contribution in [0.2, 0.25) is 0 Å². The summed E-state index contributed by atoms with van der Waals surface area (Å²) in [4.78, 5) is 2.21. The summed E-state index contributed by atoms with van der Waals surface area (Å²) in [6.07, 6.45) is 11.1. The third kappa shape index (κ3) is 2.96. The highest BCUT2D eigenvalue weighted by Gasteiger charge is 2.68. The summed E-state index contributed by atoms with van der Waals surface area (Å²) in [7, 11) is -3.49. The number of allylic oxidation sites excluding steroid dienone is 2. The molecule has 3 N–H and O–H groups in total. The van der Waals surface area contributed by atoms with Crippen molar-refractivity contribution in [1.82, 2.24) is 4.83 Å². The van der Waals surface area contributed by atoms with E-state index in [2.05, 4.69) is 28.9 Å². The van der Waals surface area contributed by atoms with Crippen LogP contribution in [0, 0.1) is 34.0 Å². The average Bonchev–Trinajstić information content (AvgIpc) is 3.39. The molecule has 0 aromatic heterocycles. The first-order chi connectivity index (χ1) is 14.4. The van der Waals surface area contributed by atoms with Gasteiger partial charge >= 0.3 is 0 Å². The van der Waals surface area contributed by atoms with Gasteiger partial charge in [0.2, 0.25) is 10.0 Å². The lowest BCUT2D eigenvalue weighted by atomic mass is 9.44. The minimum absolute atomic E-state index is 0.0313. The quantitative estimate of drug-likeness (QED) is 0.443. The molecule has 5 aliphatic carbocycles. The molecule has 7 nitrogen and oxygen atoms in total. The second-order valence-electron chi connectivity index (χ2n) is 11.7. The van der Waals surface area contributed by atoms with Crippen LogP contribution in [-0.4, -0.2) is 42.0 Å². The molecule has 0 radical (unpaired) electrons. The van der Waals surface area contributed by atoms with Gasteiger partial charge in [0.25, 0.3) is 0 Å². The monoisotopic (exact) mass is 449 g/mol. The number of fused-ring (bicyclic) bond motifs is 6. The van der Waals surface area contributed by atoms with Crippen molar-refractivity contribution in [2.75, 3.05) is 6.26 Å². The predicted molar refractivity (Wildman–Crippen MR) is 119 cm³/mol. The molecule has 0 heterocycles. The van der Waals surface area contributed by atoms with Crippen LogP contribution in [0.15, 0.2) is 21.9 Å². The van der Waals surface area contributed by atoms with Gasteiger partial charge in [-0.1, -0.05) is 24.6 Å². The number of hydrogen-bond acceptors (Lipinski definition) is 6. The predicted octanol–water partition coefficient (Wildman–Crippen LogP) is 3.44. The first kappa shape index (κ1) is 21.4. The number of hydrazone groups is 1. The fourth-order valence-electron chi connectivity index (χ4n) is 8.12. The highest BCUT2D eigenvalue weighted by Crippen LogP contribution is 2.75. The van der Waals surface area contributed by atoms with Gasteiger partial charge < -0.3 is 10.3 Å². The third-order valence-corrected chi connectivity index (χ3v) is 10.5. The second-order valence-corrected chi connectivity index (χ2v) is 13.4. The molecule has 0 aromatic rings. The van der Waals surface area contributed by atoms with E-state index in [0.717, 1.165) is 51.2 Å². The summed E-state index contributed by atoms with van der Waals surface area (Å²) in [6.45, 7) is 6.65. The Bertz CT molecular complexity index is 1010. The van der Waals surface area contributed by atoms with Crippen LogP contribution >= 0.6 is 0 Å². The van der Waals surface area contributed by atoms with Crippen LogP contribution in [0.5, 0.6) is 0 Å². The van der Waals surface area contributed by atoms with Crippen molar-refractivity contribution in [3.63, 3.8) is 0 Å². The van der Waals surface area contributed by atoms with E-state index in [4.69, 9.17) is 0 Å². The molecule has 0 unspecified atom stereocenters. The minimum Gasteiger partial charge on any atom is -0.411 e. The van der Waals surface area contributed by atoms with E-state index in [0.29, 0.717) is 35.6 Å². The molecule has 4 saturated carbocycles. The zero-order valence-electron chi connectivity index (χ0n) is 19.0. The number of rotatable bonds is 2. The molecule has 5 aliphatic rings. The molecule has 0 amide bonds. The molecule has 0 aromatic carbocycles. The molecule has 4 fully saturated rings. The maximum Gasteiger partial charge on any atom is 0.244 e. The Morgan fingerprint density at radius 1 is 1.10 bits per heavy atom. The lowest BCUT2D eigenvalue weighted by Crippen LogP contribution is -2.56. The lowest BCUT2D eigenvalue weighted by Gasteiger charge is -2.61. The maximum absolute atomic E-state index is 11.6. The van der Waals surface area contributed by atoms with Gasteiger partial charge in [0.15, 0.2) is 0 Å². The molecule has 8 heteroatoms. The van der Waals surface area contributed by atoms with Crippen molar-refractivity contribution in [2.45, 2.75) is 77.7 Å². The van der Waals surface area contributed by atoms with Crippen LogP contribution in [0.1, 0.15) is 72.1 Å². The molecule has 172 valence electrons. The van der Waals surface area contributed by atoms with E-state index >= 15 is 0 Å². The fourth-order valence-corrected chi connectivity index (χ4v) is 8.38. The molecule has 6 atom stereocenters. The lowest BCUT2D eigenvalue weighted by molar-refractivity contribution is -0.121. The molecule has 31 heavy (non-hydrogen) atoms. The van der Waals surface area contributed by atoms with Crippen molar-refractivity contribution in [3.8, 4) is 0 Å². The van der Waals surface area contributed by atoms with Gasteiger partial charge in [-0.3, -0.25) is 0 Å². The Hall–Kier alpha value is -1.41. The van der Waals surface area contributed by atoms with Gasteiger partial charge in [-0.25, -0.2) is 13.2 Å². The van der Waals surface area contributed by atoms with Crippen LogP contribution in [0.4, 0.5) is 0 Å². The topological polar surface area (TPSA) is 111 Å². The number of nitrogens with zero attached hydrogens (tertiary/aromatic N) is 2. The van der Waals surface area contributed by atoms with Crippen LogP contribution in [-0.2, 0) is 10.0 Å². The van der Waals surface area contributed by atoms with E-state index in [1.54, 1.807) is 0 Å². The van der Waals surface area contributed by atoms with E-state index in [1.807, 2.05) is 13.0 Å². The Kier molecular flexibility index (Phi) is 4.38. The van der Waals surface area contributed by atoms with Crippen LogP contribution in [0.3, 0.4) is 0 Å². The number of hydrogen-bond donors (Lipinski definition) is 3. The van der Waals surface area contributed by atoms with Crippen molar-refractivity contribution < 1.29 is 18.7 Å². The first-order valence-electron chi connectivity index (χ1n) is 11.6. The Morgan fingerprint density at radius 2 is 1.77 bits per heavy atom. The van der Waals surface area contributed by atoms with Crippen molar-refractivity contribution in [3.05, 3.63) is 11.6 Å². The van der Waals surface area contributed by atoms with E-state index in [1.165, 1.54) is 5.57 Å². The van der Waals surface area contributed by atoms with Gasteiger partial charge in [0.05, 0.1) is 11.9 Å². The number of oxime groups is 1. The average molecular weight is 450 g/mol. The summed E-state index contributed by atoms with van der Waals surface area (Å²) in [5.41, 5.74) is 1.64. The summed E-state index contributed by atoms with van der Waals surface area (Å²) >= 11 is 0. The van der Waals surface area contributed by atoms with Gasteiger partial charge in [-0.05, 0) is 91.9 Å². The summed E-state index contributed by atoms with van der Waals surface area (Å²) in [6, 6.07) is 0. The molecular formula is C23H35N3O4S. The minimum atomic E-state index is -3.49. The molecular weight excluding hydrogens is 414 g/mol. The highest BCUT2D eigenvalue weighted by atomic mass is 32.2. The van der Waals surface area contributed by atoms with E-state index in [-0.39, 0.29) is 16.2 Å². The summed E-state index contributed by atoms with van der Waals surface area (Å²) in [5.74, 6) is 1.55. The van der Waals surface area contributed by atoms with Crippen molar-refractivity contribution >= 4 is 21.4 Å². The van der Waals surface area contributed by atoms with Gasteiger partial charge in [0.1, 0.15) is 11.4 Å². The number of sulfonamides is 1. The molecule has 0 saturated heterocycles. The maximum atomic E-state index is 11.6. The molecule has 5 rings (SSSR count). The standard InChI is InChI=1S/C23H35N3O4S/c1-20-13-18(25-28)17(24-26-31(4,29)30)11-19(20)23(9-10-23)12-14-15(20)5-7-21(2)16(14)6-8-22(21,3)27/h11,14-16,26-28H,5-10,12-13H2,1-4H3/b24-17+,25-18-/t14-,15+,16+,20-,21+,22+/m1/s1. The highest BCUT2D eigenvalue weighted by molar-refractivity contribution is 7.88. The van der Waals surface area contributed by atoms with Gasteiger partial charge in [0, 0.05) is 6.42 Å². The van der Waals surface area contributed by atoms with E-state index < -0.39 is 15.6 Å². The molecule has 0 bridgehead atoms. The van der Waals surface area contributed by atoms with E-state index in [9.17, 15) is 18.7 Å². The zero-order chi connectivity index (χ0) is 22.4. The Balaban J connectivity index is 1.57. The largest absolute Gasteiger partial charge is 0.411 e. The Morgan fingerprint density at radius 3 is 2.39 bits per heavy atom. The number of nitrogens with one attached hydrogen (secondary N) is 1.